The van der Waals surface area contributed by atoms with Crippen LogP contribution in [0.15, 0.2) is 12.7 Å². The Balaban J connectivity index is 4.20. The molecule has 4 heteroatoms. The summed E-state index contributed by atoms with van der Waals surface area (Å²) in [6.07, 6.45) is 1.21. The largest absolute Gasteiger partial charge is 0.481 e. The van der Waals surface area contributed by atoms with Crippen LogP contribution in [0, 0.1) is 11.8 Å². The lowest BCUT2D eigenvalue weighted by atomic mass is 9.94. The molecule has 0 fully saturated rings. The van der Waals surface area contributed by atoms with Gasteiger partial charge in [-0.15, -0.1) is 6.58 Å². The van der Waals surface area contributed by atoms with E-state index in [-0.39, 0.29) is 13.2 Å². The maximum absolute atomic E-state index is 10.4. The van der Waals surface area contributed by atoms with Crippen molar-refractivity contribution in [2.75, 3.05) is 13.2 Å². The van der Waals surface area contributed by atoms with Gasteiger partial charge in [-0.05, 0) is 0 Å². The van der Waals surface area contributed by atoms with Crippen LogP contribution in [0.1, 0.15) is 0 Å². The second-order valence-electron chi connectivity index (χ2n) is 2.22. The molecule has 11 heavy (non-hydrogen) atoms. The van der Waals surface area contributed by atoms with E-state index in [1.165, 1.54) is 6.08 Å². The molecule has 0 rings (SSSR count). The number of carboxylic acids is 1. The number of aliphatic hydroxyl groups excluding tert-OH is 2. The summed E-state index contributed by atoms with van der Waals surface area (Å²) in [6.45, 7) is 2.60. The average molecular weight is 160 g/mol. The van der Waals surface area contributed by atoms with Gasteiger partial charge in [-0.2, -0.15) is 0 Å². The van der Waals surface area contributed by atoms with E-state index in [1.54, 1.807) is 0 Å². The minimum atomic E-state index is -1.08. The van der Waals surface area contributed by atoms with Gasteiger partial charge in [0.2, 0.25) is 0 Å². The monoisotopic (exact) mass is 160 g/mol. The summed E-state index contributed by atoms with van der Waals surface area (Å²) in [7, 11) is 0. The Kier molecular flexibility index (Phi) is 4.49. The molecule has 0 saturated carbocycles. The van der Waals surface area contributed by atoms with Gasteiger partial charge < -0.3 is 15.3 Å². The summed E-state index contributed by atoms with van der Waals surface area (Å²) >= 11 is 0. The van der Waals surface area contributed by atoms with E-state index >= 15 is 0 Å². The van der Waals surface area contributed by atoms with E-state index in [0.29, 0.717) is 0 Å². The minimum Gasteiger partial charge on any atom is -0.481 e. The van der Waals surface area contributed by atoms with Crippen LogP contribution in [0.5, 0.6) is 0 Å². The summed E-state index contributed by atoms with van der Waals surface area (Å²) in [5, 5.41) is 25.7. The first-order valence-electron chi connectivity index (χ1n) is 3.24. The van der Waals surface area contributed by atoms with Gasteiger partial charge in [-0.25, -0.2) is 0 Å². The Morgan fingerprint density at radius 3 is 2.00 bits per heavy atom. The second kappa shape index (κ2) is 4.87. The molecule has 3 N–H and O–H groups in total. The molecule has 0 heterocycles. The highest BCUT2D eigenvalue weighted by Gasteiger charge is 2.23. The molecule has 0 aliphatic carbocycles. The van der Waals surface area contributed by atoms with Gasteiger partial charge in [-0.1, -0.05) is 6.08 Å². The van der Waals surface area contributed by atoms with Gasteiger partial charge >= 0.3 is 5.97 Å². The fourth-order valence-electron chi connectivity index (χ4n) is 0.780. The molecule has 1 atom stereocenters. The summed E-state index contributed by atoms with van der Waals surface area (Å²) in [5.74, 6) is -2.59. The summed E-state index contributed by atoms with van der Waals surface area (Å²) in [5.41, 5.74) is 0. The molecule has 1 unspecified atom stereocenters. The molecular formula is C7H12O4. The second-order valence-corrected chi connectivity index (χ2v) is 2.22. The molecule has 0 amide bonds. The van der Waals surface area contributed by atoms with Crippen LogP contribution < -0.4 is 0 Å². The van der Waals surface area contributed by atoms with Crippen molar-refractivity contribution in [2.45, 2.75) is 0 Å². The standard InChI is InChI=1S/C7H12O4/c1-2-6(7(10)11)5(3-8)4-9/h2,5-6,8-9H,1,3-4H2,(H,10,11). The Morgan fingerprint density at radius 2 is 1.91 bits per heavy atom. The first-order chi connectivity index (χ1) is 5.17. The van der Waals surface area contributed by atoms with Crippen LogP contribution in [-0.2, 0) is 4.79 Å². The molecule has 0 saturated heterocycles. The Labute approximate surface area is 64.8 Å². The normalized spacial score (nSPS) is 13.0. The summed E-state index contributed by atoms with van der Waals surface area (Å²) < 4.78 is 0. The smallest absolute Gasteiger partial charge is 0.310 e. The number of carbonyl (C=O) groups is 1. The molecule has 64 valence electrons. The molecule has 0 aliphatic rings. The molecule has 0 aromatic carbocycles. The van der Waals surface area contributed by atoms with Crippen molar-refractivity contribution in [1.82, 2.24) is 0 Å². The zero-order valence-corrected chi connectivity index (χ0v) is 6.10. The summed E-state index contributed by atoms with van der Waals surface area (Å²) in [4.78, 5) is 10.4. The quantitative estimate of drug-likeness (QED) is 0.473. The van der Waals surface area contributed by atoms with Crippen LogP contribution in [0.4, 0.5) is 0 Å². The first kappa shape index (κ1) is 10.1. The average Bonchev–Trinajstić information content (AvgIpc) is 1.99. The van der Waals surface area contributed by atoms with E-state index in [9.17, 15) is 4.79 Å². The van der Waals surface area contributed by atoms with Crippen molar-refractivity contribution in [3.8, 4) is 0 Å². The molecule has 0 aliphatic heterocycles. The number of aliphatic carboxylic acids is 1. The van der Waals surface area contributed by atoms with Crippen molar-refractivity contribution in [3.63, 3.8) is 0 Å². The molecule has 0 spiro atoms. The fraction of sp³-hybridized carbons (Fsp3) is 0.571. The van der Waals surface area contributed by atoms with E-state index in [1.807, 2.05) is 0 Å². The van der Waals surface area contributed by atoms with Crippen molar-refractivity contribution < 1.29 is 20.1 Å². The Morgan fingerprint density at radius 1 is 1.45 bits per heavy atom. The minimum absolute atomic E-state index is 0.348. The summed E-state index contributed by atoms with van der Waals surface area (Å²) in [6, 6.07) is 0. The van der Waals surface area contributed by atoms with Crippen molar-refractivity contribution >= 4 is 5.97 Å². The van der Waals surface area contributed by atoms with E-state index in [0.717, 1.165) is 0 Å². The number of hydrogen-bond acceptors (Lipinski definition) is 3. The number of hydrogen-bond donors (Lipinski definition) is 3. The maximum atomic E-state index is 10.4. The van der Waals surface area contributed by atoms with E-state index < -0.39 is 17.8 Å². The SMILES string of the molecule is C=CC(C(=O)O)C(CO)CO. The predicted octanol–water partition coefficient (Wildman–Crippen LogP) is -0.526. The molecule has 0 aromatic heterocycles. The zero-order valence-electron chi connectivity index (χ0n) is 6.10. The van der Waals surface area contributed by atoms with Crippen molar-refractivity contribution in [2.24, 2.45) is 11.8 Å². The lowest BCUT2D eigenvalue weighted by Crippen LogP contribution is -2.27. The van der Waals surface area contributed by atoms with Crippen LogP contribution >= 0.6 is 0 Å². The van der Waals surface area contributed by atoms with Crippen LogP contribution in [0.25, 0.3) is 0 Å². The van der Waals surface area contributed by atoms with Gasteiger partial charge in [0.25, 0.3) is 0 Å². The highest BCUT2D eigenvalue weighted by Crippen LogP contribution is 2.11. The molecule has 0 bridgehead atoms. The van der Waals surface area contributed by atoms with Gasteiger partial charge in [-0.3, -0.25) is 4.79 Å². The lowest BCUT2D eigenvalue weighted by Gasteiger charge is -2.15. The van der Waals surface area contributed by atoms with Crippen molar-refractivity contribution in [1.29, 1.82) is 0 Å². The first-order valence-corrected chi connectivity index (χ1v) is 3.24. The molecule has 4 nitrogen and oxygen atoms in total. The Bertz CT molecular complexity index is 139. The number of aliphatic hydroxyl groups is 2. The highest BCUT2D eigenvalue weighted by atomic mass is 16.4. The van der Waals surface area contributed by atoms with E-state index in [2.05, 4.69) is 6.58 Å². The third kappa shape index (κ3) is 2.69. The third-order valence-electron chi connectivity index (χ3n) is 1.52. The molecule has 0 aromatic rings. The molecule has 0 radical (unpaired) electrons. The number of rotatable bonds is 5. The topological polar surface area (TPSA) is 77.8 Å². The highest BCUT2D eigenvalue weighted by molar-refractivity contribution is 5.72. The fourth-order valence-corrected chi connectivity index (χ4v) is 0.780. The van der Waals surface area contributed by atoms with Gasteiger partial charge in [0.15, 0.2) is 0 Å². The van der Waals surface area contributed by atoms with Gasteiger partial charge in [0, 0.05) is 19.1 Å². The maximum Gasteiger partial charge on any atom is 0.310 e. The lowest BCUT2D eigenvalue weighted by molar-refractivity contribution is -0.142. The van der Waals surface area contributed by atoms with Crippen LogP contribution in [0.2, 0.25) is 0 Å². The van der Waals surface area contributed by atoms with Gasteiger partial charge in [0.1, 0.15) is 0 Å². The van der Waals surface area contributed by atoms with Crippen molar-refractivity contribution in [3.05, 3.63) is 12.7 Å². The van der Waals surface area contributed by atoms with Gasteiger partial charge in [0.05, 0.1) is 5.92 Å². The predicted molar refractivity (Wildman–Crippen MR) is 39.0 cm³/mol. The molecular weight excluding hydrogens is 148 g/mol. The number of carboxylic acid groups (broad SMARTS) is 1. The Hall–Kier alpha value is -0.870. The van der Waals surface area contributed by atoms with Crippen LogP contribution in [0.3, 0.4) is 0 Å². The van der Waals surface area contributed by atoms with Crippen LogP contribution in [-0.4, -0.2) is 34.5 Å². The third-order valence-corrected chi connectivity index (χ3v) is 1.52. The zero-order chi connectivity index (χ0) is 8.85. The van der Waals surface area contributed by atoms with E-state index in [4.69, 9.17) is 15.3 Å².